The van der Waals surface area contributed by atoms with Gasteiger partial charge in [0.05, 0.1) is 11.1 Å². The number of carboxylic acids is 1. The predicted molar refractivity (Wildman–Crippen MR) is 81.2 cm³/mol. The van der Waals surface area contributed by atoms with Crippen molar-refractivity contribution in [2.45, 2.75) is 45.2 Å². The Balaban J connectivity index is 3.18. The maximum atomic E-state index is 12.3. The summed E-state index contributed by atoms with van der Waals surface area (Å²) in [4.78, 5) is 45.5. The van der Waals surface area contributed by atoms with Gasteiger partial charge < -0.3 is 10.4 Å². The molecule has 9 nitrogen and oxygen atoms in total. The maximum Gasteiger partial charge on any atom is 0.326 e. The number of amides is 1. The zero-order valence-electron chi connectivity index (χ0n) is 12.9. The van der Waals surface area contributed by atoms with Crippen LogP contribution < -0.4 is 10.9 Å². The summed E-state index contributed by atoms with van der Waals surface area (Å²) >= 11 is 0. The number of carboxylic acid groups (broad SMARTS) is 1. The Morgan fingerprint density at radius 1 is 1.39 bits per heavy atom. The van der Waals surface area contributed by atoms with E-state index >= 15 is 0 Å². The molecule has 23 heavy (non-hydrogen) atoms. The van der Waals surface area contributed by atoms with Crippen LogP contribution in [0.25, 0.3) is 0 Å². The first-order valence-corrected chi connectivity index (χ1v) is 7.21. The minimum absolute atomic E-state index is 0.184. The van der Waals surface area contributed by atoms with Gasteiger partial charge in [0.25, 0.3) is 11.2 Å². The number of nitrogens with one attached hydrogen (secondary N) is 1. The van der Waals surface area contributed by atoms with Crippen LogP contribution in [0.3, 0.4) is 0 Å². The van der Waals surface area contributed by atoms with E-state index in [-0.39, 0.29) is 18.5 Å². The van der Waals surface area contributed by atoms with E-state index in [0.717, 1.165) is 22.9 Å². The van der Waals surface area contributed by atoms with Crippen LogP contribution in [0.2, 0.25) is 0 Å². The predicted octanol–water partition coefficient (Wildman–Crippen LogP) is 1.08. The van der Waals surface area contributed by atoms with Crippen LogP contribution in [0.15, 0.2) is 23.1 Å². The van der Waals surface area contributed by atoms with E-state index in [1.807, 2.05) is 0 Å². The van der Waals surface area contributed by atoms with E-state index in [4.69, 9.17) is 5.11 Å². The first kappa shape index (κ1) is 18.3. The van der Waals surface area contributed by atoms with Crippen molar-refractivity contribution in [2.24, 2.45) is 0 Å². The van der Waals surface area contributed by atoms with Crippen LogP contribution in [0.4, 0.5) is 5.69 Å². The molecule has 0 spiro atoms. The Hall–Kier alpha value is -2.71. The Kier molecular flexibility index (Phi) is 6.43. The molecule has 2 atom stereocenters. The Morgan fingerprint density at radius 2 is 2.04 bits per heavy atom. The normalized spacial score (nSPS) is 13.1. The number of nitro groups is 1. The summed E-state index contributed by atoms with van der Waals surface area (Å²) < 4.78 is 0.978. The minimum atomic E-state index is -1.18. The number of pyridine rings is 1. The molecule has 1 rings (SSSR count). The van der Waals surface area contributed by atoms with Crippen molar-refractivity contribution in [3.8, 4) is 0 Å². The standard InChI is InChI=1S/C14H19N3O6/c1-3-5-11(13(19)15-10(4-2)14(20)21)16-8-9(17(22)23)6-7-12(16)18/h6-8,10-11H,3-5H2,1-2H3,(H,15,19)(H,20,21). The highest BCUT2D eigenvalue weighted by Crippen LogP contribution is 2.16. The lowest BCUT2D eigenvalue weighted by molar-refractivity contribution is -0.385. The number of aromatic nitrogens is 1. The fourth-order valence-corrected chi connectivity index (χ4v) is 2.12. The summed E-state index contributed by atoms with van der Waals surface area (Å²) in [5.41, 5.74) is -0.878. The van der Waals surface area contributed by atoms with Crippen molar-refractivity contribution in [2.75, 3.05) is 0 Å². The maximum absolute atomic E-state index is 12.3. The fourth-order valence-electron chi connectivity index (χ4n) is 2.12. The molecule has 1 aromatic rings. The molecule has 1 aromatic heterocycles. The van der Waals surface area contributed by atoms with Gasteiger partial charge in [-0.2, -0.15) is 0 Å². The van der Waals surface area contributed by atoms with E-state index in [2.05, 4.69) is 5.32 Å². The number of carbonyl (C=O) groups is 2. The Labute approximate surface area is 132 Å². The highest BCUT2D eigenvalue weighted by molar-refractivity contribution is 5.85. The molecule has 0 aliphatic carbocycles. The van der Waals surface area contributed by atoms with E-state index in [0.29, 0.717) is 6.42 Å². The Morgan fingerprint density at radius 3 is 2.52 bits per heavy atom. The van der Waals surface area contributed by atoms with Crippen molar-refractivity contribution in [3.63, 3.8) is 0 Å². The van der Waals surface area contributed by atoms with Crippen LogP contribution in [0, 0.1) is 10.1 Å². The molecule has 2 N–H and O–H groups in total. The molecule has 1 amide bonds. The molecular formula is C14H19N3O6. The highest BCUT2D eigenvalue weighted by Gasteiger charge is 2.26. The van der Waals surface area contributed by atoms with E-state index in [1.54, 1.807) is 13.8 Å². The van der Waals surface area contributed by atoms with Crippen LogP contribution in [-0.2, 0) is 9.59 Å². The number of rotatable bonds is 8. The van der Waals surface area contributed by atoms with E-state index in [9.17, 15) is 24.5 Å². The number of aliphatic carboxylic acids is 1. The topological polar surface area (TPSA) is 132 Å². The van der Waals surface area contributed by atoms with Crippen molar-refractivity contribution in [1.82, 2.24) is 9.88 Å². The molecular weight excluding hydrogens is 306 g/mol. The molecule has 1 heterocycles. The molecule has 0 aliphatic heterocycles. The first-order chi connectivity index (χ1) is 10.8. The molecule has 9 heteroatoms. The summed E-state index contributed by atoms with van der Waals surface area (Å²) in [6.07, 6.45) is 1.98. The summed E-state index contributed by atoms with van der Waals surface area (Å²) in [7, 11) is 0. The number of nitrogens with zero attached hydrogens (tertiary/aromatic N) is 2. The molecule has 0 saturated heterocycles. The van der Waals surface area contributed by atoms with E-state index < -0.39 is 34.4 Å². The lowest BCUT2D eigenvalue weighted by Gasteiger charge is -2.21. The summed E-state index contributed by atoms with van der Waals surface area (Å²) in [6, 6.07) is 0.00562. The lowest BCUT2D eigenvalue weighted by atomic mass is 10.1. The third kappa shape index (κ3) is 4.63. The van der Waals surface area contributed by atoms with Crippen molar-refractivity contribution in [1.29, 1.82) is 0 Å². The first-order valence-electron chi connectivity index (χ1n) is 7.21. The van der Waals surface area contributed by atoms with Crippen LogP contribution in [0.1, 0.15) is 39.2 Å². The van der Waals surface area contributed by atoms with Gasteiger partial charge in [0, 0.05) is 12.1 Å². The molecule has 0 bridgehead atoms. The second-order valence-electron chi connectivity index (χ2n) is 5.00. The molecule has 0 radical (unpaired) electrons. The van der Waals surface area contributed by atoms with Gasteiger partial charge >= 0.3 is 5.97 Å². The Bertz CT molecular complexity index is 654. The molecule has 0 fully saturated rings. The largest absolute Gasteiger partial charge is 0.480 e. The van der Waals surface area contributed by atoms with Crippen LogP contribution in [0.5, 0.6) is 0 Å². The van der Waals surface area contributed by atoms with Gasteiger partial charge in [0.1, 0.15) is 12.1 Å². The van der Waals surface area contributed by atoms with Gasteiger partial charge in [-0.25, -0.2) is 4.79 Å². The molecule has 126 valence electrons. The third-order valence-electron chi connectivity index (χ3n) is 3.36. The number of hydrogen-bond acceptors (Lipinski definition) is 5. The molecule has 0 aromatic carbocycles. The number of carbonyl (C=O) groups excluding carboxylic acids is 1. The van der Waals surface area contributed by atoms with Crippen LogP contribution >= 0.6 is 0 Å². The van der Waals surface area contributed by atoms with Gasteiger partial charge in [0.2, 0.25) is 5.91 Å². The smallest absolute Gasteiger partial charge is 0.326 e. The van der Waals surface area contributed by atoms with Gasteiger partial charge in [-0.15, -0.1) is 0 Å². The summed E-state index contributed by atoms with van der Waals surface area (Å²) in [6.45, 7) is 3.39. The fraction of sp³-hybridized carbons (Fsp3) is 0.500. The van der Waals surface area contributed by atoms with Gasteiger partial charge in [-0.1, -0.05) is 20.3 Å². The van der Waals surface area contributed by atoms with Crippen LogP contribution in [-0.4, -0.2) is 32.5 Å². The van der Waals surface area contributed by atoms with E-state index in [1.165, 1.54) is 0 Å². The second kappa shape index (κ2) is 8.06. The lowest BCUT2D eigenvalue weighted by Crippen LogP contribution is -2.45. The number of hydrogen-bond donors (Lipinski definition) is 2. The molecule has 0 saturated carbocycles. The average molecular weight is 325 g/mol. The quantitative estimate of drug-likeness (QED) is 0.543. The molecule has 2 unspecified atom stereocenters. The zero-order chi connectivity index (χ0) is 17.6. The minimum Gasteiger partial charge on any atom is -0.480 e. The average Bonchev–Trinajstić information content (AvgIpc) is 2.50. The summed E-state index contributed by atoms with van der Waals surface area (Å²) in [5.74, 6) is -1.83. The SMILES string of the molecule is CCCC(C(=O)NC(CC)C(=O)O)n1cc([N+](=O)[O-])ccc1=O. The summed E-state index contributed by atoms with van der Waals surface area (Å²) in [5, 5.41) is 22.2. The highest BCUT2D eigenvalue weighted by atomic mass is 16.6. The monoisotopic (exact) mass is 325 g/mol. The van der Waals surface area contributed by atoms with Crippen molar-refractivity contribution in [3.05, 3.63) is 38.8 Å². The zero-order valence-corrected chi connectivity index (χ0v) is 12.9. The van der Waals surface area contributed by atoms with Crippen molar-refractivity contribution >= 4 is 17.6 Å². The third-order valence-corrected chi connectivity index (χ3v) is 3.36. The van der Waals surface area contributed by atoms with Gasteiger partial charge in [-0.3, -0.25) is 24.3 Å². The van der Waals surface area contributed by atoms with Crippen molar-refractivity contribution < 1.29 is 19.6 Å². The molecule has 0 aliphatic rings. The van der Waals surface area contributed by atoms with Gasteiger partial charge in [-0.05, 0) is 12.8 Å². The van der Waals surface area contributed by atoms with Gasteiger partial charge in [0.15, 0.2) is 0 Å². The second-order valence-corrected chi connectivity index (χ2v) is 5.00.